The van der Waals surface area contributed by atoms with Crippen LogP contribution in [0.3, 0.4) is 0 Å². The van der Waals surface area contributed by atoms with Gasteiger partial charge in [0.2, 0.25) is 11.4 Å². The molecular weight excluding hydrogens is 412 g/mol. The number of benzene rings is 1. The Hall–Kier alpha value is -3.13. The number of allylic oxidation sites excluding steroid dienone is 1. The molecule has 2 aliphatic heterocycles. The van der Waals surface area contributed by atoms with E-state index in [4.69, 9.17) is 9.47 Å². The van der Waals surface area contributed by atoms with E-state index in [0.717, 1.165) is 30.2 Å². The summed E-state index contributed by atoms with van der Waals surface area (Å²) in [5, 5.41) is 14.8. The predicted molar refractivity (Wildman–Crippen MR) is 115 cm³/mol. The quantitative estimate of drug-likeness (QED) is 0.470. The molecule has 2 saturated heterocycles. The minimum Gasteiger partial charge on any atom is -0.462 e. The Morgan fingerprint density at radius 2 is 2.19 bits per heavy atom. The molecular formula is C24H26N2O6. The molecule has 1 aromatic carbocycles. The van der Waals surface area contributed by atoms with Crippen molar-refractivity contribution in [1.29, 1.82) is 0 Å². The van der Waals surface area contributed by atoms with Gasteiger partial charge in [-0.25, -0.2) is 9.59 Å². The van der Waals surface area contributed by atoms with Gasteiger partial charge in [0.1, 0.15) is 0 Å². The van der Waals surface area contributed by atoms with E-state index in [0.29, 0.717) is 5.56 Å². The van der Waals surface area contributed by atoms with Gasteiger partial charge >= 0.3 is 11.9 Å². The molecule has 1 aromatic heterocycles. The molecule has 3 N–H and O–H groups in total. The second-order valence-electron chi connectivity index (χ2n) is 9.02. The number of rotatable bonds is 6. The first kappa shape index (κ1) is 20.8. The molecule has 2 aromatic rings. The summed E-state index contributed by atoms with van der Waals surface area (Å²) in [5.74, 6) is -2.42. The van der Waals surface area contributed by atoms with Crippen molar-refractivity contribution in [3.8, 4) is 0 Å². The average Bonchev–Trinajstić information content (AvgIpc) is 3.33. The Morgan fingerprint density at radius 3 is 2.94 bits per heavy atom. The van der Waals surface area contributed by atoms with Crippen LogP contribution in [-0.4, -0.2) is 51.8 Å². The van der Waals surface area contributed by atoms with E-state index in [2.05, 4.69) is 10.3 Å². The van der Waals surface area contributed by atoms with Crippen LogP contribution in [0.1, 0.15) is 43.0 Å². The number of H-pyrrole nitrogens is 1. The normalized spacial score (nSPS) is 32.1. The van der Waals surface area contributed by atoms with Crippen molar-refractivity contribution in [2.75, 3.05) is 6.61 Å². The van der Waals surface area contributed by atoms with Gasteiger partial charge in [-0.05, 0) is 56.9 Å². The van der Waals surface area contributed by atoms with Gasteiger partial charge in [-0.1, -0.05) is 12.2 Å². The van der Waals surface area contributed by atoms with E-state index in [1.165, 1.54) is 0 Å². The van der Waals surface area contributed by atoms with E-state index in [-0.39, 0.29) is 24.9 Å². The predicted octanol–water partition coefficient (Wildman–Crippen LogP) is 2.23. The Morgan fingerprint density at radius 1 is 1.34 bits per heavy atom. The molecule has 2 fully saturated rings. The van der Waals surface area contributed by atoms with Gasteiger partial charge < -0.3 is 24.9 Å². The average molecular weight is 438 g/mol. The number of amides is 1. The lowest BCUT2D eigenvalue weighted by molar-refractivity contribution is -0.238. The number of hydrogen-bond acceptors (Lipinski definition) is 6. The standard InChI is InChI=1S/C24H26N2O6/c1-23-17(10-12-31-21(29)16-7-8-18-15(13-16)9-11-25-18)20(28)26-24(23,22(30)32-23)19(27)14-5-3-2-4-6-14/h3,5,7-9,11,13-14,17,19,25,27H,2,4,6,10,12H2,1H3,(H,26,28). The van der Waals surface area contributed by atoms with E-state index >= 15 is 0 Å². The van der Waals surface area contributed by atoms with Gasteiger partial charge in [0, 0.05) is 23.0 Å². The van der Waals surface area contributed by atoms with Crippen molar-refractivity contribution in [2.24, 2.45) is 11.8 Å². The fourth-order valence-electron chi connectivity index (χ4n) is 5.41. The van der Waals surface area contributed by atoms with Gasteiger partial charge in [0.25, 0.3) is 0 Å². The van der Waals surface area contributed by atoms with E-state index in [1.807, 2.05) is 18.2 Å². The molecule has 32 heavy (non-hydrogen) atoms. The molecule has 0 radical (unpaired) electrons. The van der Waals surface area contributed by atoms with Crippen LogP contribution < -0.4 is 5.32 Å². The van der Waals surface area contributed by atoms with Crippen LogP contribution in [0.4, 0.5) is 0 Å². The van der Waals surface area contributed by atoms with Gasteiger partial charge in [0.05, 0.1) is 24.2 Å². The van der Waals surface area contributed by atoms with Crippen LogP contribution in [0.15, 0.2) is 42.6 Å². The van der Waals surface area contributed by atoms with Crippen molar-refractivity contribution >= 4 is 28.7 Å². The highest BCUT2D eigenvalue weighted by molar-refractivity contribution is 6.02. The summed E-state index contributed by atoms with van der Waals surface area (Å²) >= 11 is 0. The van der Waals surface area contributed by atoms with E-state index in [1.54, 1.807) is 31.3 Å². The van der Waals surface area contributed by atoms with Gasteiger partial charge in [-0.2, -0.15) is 0 Å². The van der Waals surface area contributed by atoms with E-state index < -0.39 is 35.1 Å². The number of aliphatic hydroxyl groups is 1. The summed E-state index contributed by atoms with van der Waals surface area (Å²) in [6.07, 6.45) is 7.41. The SMILES string of the molecule is CC12OC(=O)C1(C(O)C1C=CCCC1)NC(=O)C2CCOC(=O)c1ccc2[nH]ccc2c1. The number of ether oxygens (including phenoxy) is 2. The molecule has 1 aliphatic carbocycles. The molecule has 0 spiro atoms. The highest BCUT2D eigenvalue weighted by Crippen LogP contribution is 2.53. The first-order valence-electron chi connectivity index (χ1n) is 11.0. The smallest absolute Gasteiger partial charge is 0.339 e. The number of aromatic amines is 1. The lowest BCUT2D eigenvalue weighted by atomic mass is 9.64. The first-order valence-corrected chi connectivity index (χ1v) is 11.0. The molecule has 8 heteroatoms. The Labute approximate surface area is 185 Å². The summed E-state index contributed by atoms with van der Waals surface area (Å²) in [4.78, 5) is 40.9. The van der Waals surface area contributed by atoms with E-state index in [9.17, 15) is 19.5 Å². The van der Waals surface area contributed by atoms with Gasteiger partial charge in [-0.15, -0.1) is 0 Å². The van der Waals surface area contributed by atoms with Crippen LogP contribution in [0.25, 0.3) is 10.9 Å². The third kappa shape index (κ3) is 2.89. The Kier molecular flexibility index (Phi) is 4.85. The van der Waals surface area contributed by atoms with Crippen LogP contribution >= 0.6 is 0 Å². The zero-order valence-corrected chi connectivity index (χ0v) is 17.8. The number of hydrogen-bond donors (Lipinski definition) is 3. The Bertz CT molecular complexity index is 1120. The topological polar surface area (TPSA) is 118 Å². The lowest BCUT2D eigenvalue weighted by Gasteiger charge is -2.54. The van der Waals surface area contributed by atoms with Crippen molar-refractivity contribution in [2.45, 2.75) is 49.9 Å². The van der Waals surface area contributed by atoms with Crippen LogP contribution in [0.2, 0.25) is 0 Å². The summed E-state index contributed by atoms with van der Waals surface area (Å²) in [7, 11) is 0. The monoisotopic (exact) mass is 438 g/mol. The van der Waals surface area contributed by atoms with Crippen molar-refractivity contribution in [3.63, 3.8) is 0 Å². The molecule has 5 atom stereocenters. The number of esters is 2. The summed E-state index contributed by atoms with van der Waals surface area (Å²) in [6, 6.07) is 7.09. The molecule has 8 nitrogen and oxygen atoms in total. The van der Waals surface area contributed by atoms with Crippen LogP contribution in [0, 0.1) is 11.8 Å². The number of aliphatic hydroxyl groups excluding tert-OH is 1. The van der Waals surface area contributed by atoms with Crippen LogP contribution in [-0.2, 0) is 19.1 Å². The maximum Gasteiger partial charge on any atom is 0.339 e. The number of fused-ring (bicyclic) bond motifs is 2. The molecule has 0 saturated carbocycles. The zero-order valence-electron chi connectivity index (χ0n) is 17.8. The second-order valence-corrected chi connectivity index (χ2v) is 9.02. The number of nitrogens with one attached hydrogen (secondary N) is 2. The minimum absolute atomic E-state index is 0.00919. The number of carbonyl (C=O) groups excluding carboxylic acids is 3. The number of aromatic nitrogens is 1. The molecule has 168 valence electrons. The highest BCUT2D eigenvalue weighted by Gasteiger charge is 2.79. The fourth-order valence-corrected chi connectivity index (χ4v) is 5.41. The summed E-state index contributed by atoms with van der Waals surface area (Å²) < 4.78 is 10.9. The first-order chi connectivity index (χ1) is 15.4. The molecule has 5 unspecified atom stereocenters. The molecule has 5 rings (SSSR count). The van der Waals surface area contributed by atoms with Gasteiger partial charge in [0.15, 0.2) is 5.60 Å². The van der Waals surface area contributed by atoms with Crippen molar-refractivity contribution in [1.82, 2.24) is 10.3 Å². The minimum atomic E-state index is -1.47. The van der Waals surface area contributed by atoms with Gasteiger partial charge in [-0.3, -0.25) is 4.79 Å². The Balaban J connectivity index is 1.27. The second kappa shape index (κ2) is 7.48. The lowest BCUT2D eigenvalue weighted by Crippen LogP contribution is -2.80. The van der Waals surface area contributed by atoms with Crippen LogP contribution in [0.5, 0.6) is 0 Å². The summed E-state index contributed by atoms with van der Waals surface area (Å²) in [6.45, 7) is 1.67. The maximum atomic E-state index is 12.8. The third-order valence-electron chi connectivity index (χ3n) is 7.28. The largest absolute Gasteiger partial charge is 0.462 e. The van der Waals surface area contributed by atoms with Crippen molar-refractivity contribution in [3.05, 3.63) is 48.2 Å². The molecule has 1 amide bonds. The maximum absolute atomic E-state index is 12.8. The highest BCUT2D eigenvalue weighted by atomic mass is 16.6. The number of carbonyl (C=O) groups is 3. The third-order valence-corrected chi connectivity index (χ3v) is 7.28. The molecule has 3 aliphatic rings. The molecule has 3 heterocycles. The summed E-state index contributed by atoms with van der Waals surface area (Å²) in [5.41, 5.74) is -1.32. The molecule has 0 bridgehead atoms. The van der Waals surface area contributed by atoms with Crippen molar-refractivity contribution < 1.29 is 29.0 Å². The fraction of sp³-hybridized carbons (Fsp3) is 0.458. The zero-order chi connectivity index (χ0) is 22.5.